The number of hydrazine groups is 1. The van der Waals surface area contributed by atoms with Crippen molar-refractivity contribution in [2.24, 2.45) is 0 Å². The molecule has 0 aliphatic carbocycles. The molecule has 5 nitrogen and oxygen atoms in total. The molecule has 1 aromatic heterocycles. The van der Waals surface area contributed by atoms with E-state index in [1.54, 1.807) is 18.2 Å². The molecule has 2 amide bonds. The number of amides is 2. The average molecular weight is 333 g/mol. The summed E-state index contributed by atoms with van der Waals surface area (Å²) in [6.45, 7) is 3.78. The first-order valence-electron chi connectivity index (χ1n) is 7.96. The van der Waals surface area contributed by atoms with E-state index < -0.39 is 0 Å². The fourth-order valence-corrected chi connectivity index (χ4v) is 2.61. The van der Waals surface area contributed by atoms with Crippen LogP contribution in [0.1, 0.15) is 31.8 Å². The van der Waals surface area contributed by atoms with Gasteiger partial charge in [0.05, 0.1) is 11.3 Å². The normalized spacial score (nSPS) is 10.3. The number of hydrogen-bond acceptors (Lipinski definition) is 2. The first-order valence-corrected chi connectivity index (χ1v) is 7.96. The van der Waals surface area contributed by atoms with Gasteiger partial charge >= 0.3 is 0 Å². The number of rotatable bonds is 3. The van der Waals surface area contributed by atoms with Gasteiger partial charge in [-0.2, -0.15) is 0 Å². The summed E-state index contributed by atoms with van der Waals surface area (Å²) in [6.07, 6.45) is 3.72. The van der Waals surface area contributed by atoms with Crippen molar-refractivity contribution < 1.29 is 9.59 Å². The minimum atomic E-state index is -0.372. The average Bonchev–Trinajstić information content (AvgIpc) is 3.16. The minimum absolute atomic E-state index is 0.340. The summed E-state index contributed by atoms with van der Waals surface area (Å²) in [6, 6.07) is 16.6. The van der Waals surface area contributed by atoms with Gasteiger partial charge in [0.1, 0.15) is 0 Å². The zero-order valence-corrected chi connectivity index (χ0v) is 14.1. The Bertz CT molecular complexity index is 914. The number of para-hydroxylation sites is 1. The van der Waals surface area contributed by atoms with E-state index in [0.717, 1.165) is 16.8 Å². The minimum Gasteiger partial charge on any atom is -0.323 e. The van der Waals surface area contributed by atoms with E-state index in [1.807, 2.05) is 67.2 Å². The Morgan fingerprint density at radius 1 is 0.800 bits per heavy atom. The second-order valence-corrected chi connectivity index (χ2v) is 5.83. The molecule has 0 aliphatic rings. The van der Waals surface area contributed by atoms with Crippen molar-refractivity contribution in [2.75, 3.05) is 0 Å². The maximum absolute atomic E-state index is 12.5. The van der Waals surface area contributed by atoms with Crippen LogP contribution in [0.25, 0.3) is 5.69 Å². The number of nitrogens with zero attached hydrogens (tertiary/aromatic N) is 1. The lowest BCUT2D eigenvalue weighted by molar-refractivity contribution is 0.0846. The van der Waals surface area contributed by atoms with Crippen molar-refractivity contribution in [1.82, 2.24) is 15.4 Å². The lowest BCUT2D eigenvalue weighted by atomic mass is 10.1. The Balaban J connectivity index is 1.76. The molecule has 3 rings (SSSR count). The Hall–Kier alpha value is -3.34. The number of nitrogens with one attached hydrogen (secondary N) is 2. The smallest absolute Gasteiger partial charge is 0.271 e. The van der Waals surface area contributed by atoms with E-state index in [4.69, 9.17) is 0 Å². The number of aromatic nitrogens is 1. The van der Waals surface area contributed by atoms with Gasteiger partial charge in [0.2, 0.25) is 0 Å². The van der Waals surface area contributed by atoms with Crippen LogP contribution in [0, 0.1) is 13.8 Å². The zero-order chi connectivity index (χ0) is 17.8. The van der Waals surface area contributed by atoms with Gasteiger partial charge in [-0.25, -0.2) is 0 Å². The Morgan fingerprint density at radius 2 is 1.44 bits per heavy atom. The number of carbonyl (C=O) groups is 2. The Labute approximate surface area is 146 Å². The molecule has 0 bridgehead atoms. The SMILES string of the molecule is Cc1ccc(C)c(C(=O)NNC(=O)c2ccccc2-n2cccc2)c1. The van der Waals surface area contributed by atoms with Crippen LogP contribution >= 0.6 is 0 Å². The largest absolute Gasteiger partial charge is 0.323 e. The molecular formula is C20H19N3O2. The van der Waals surface area contributed by atoms with Gasteiger partial charge in [-0.3, -0.25) is 20.4 Å². The van der Waals surface area contributed by atoms with E-state index in [0.29, 0.717) is 11.1 Å². The molecule has 0 saturated carbocycles. The monoisotopic (exact) mass is 333 g/mol. The van der Waals surface area contributed by atoms with Crippen molar-refractivity contribution in [1.29, 1.82) is 0 Å². The van der Waals surface area contributed by atoms with Crippen LogP contribution < -0.4 is 10.9 Å². The van der Waals surface area contributed by atoms with E-state index >= 15 is 0 Å². The molecule has 0 spiro atoms. The highest BCUT2D eigenvalue weighted by atomic mass is 16.2. The summed E-state index contributed by atoms with van der Waals surface area (Å²) in [5, 5.41) is 0. The fraction of sp³-hybridized carbons (Fsp3) is 0.100. The third-order valence-electron chi connectivity index (χ3n) is 3.96. The van der Waals surface area contributed by atoms with E-state index in [-0.39, 0.29) is 11.8 Å². The molecule has 1 heterocycles. The van der Waals surface area contributed by atoms with Gasteiger partial charge < -0.3 is 4.57 Å². The lowest BCUT2D eigenvalue weighted by Gasteiger charge is -2.13. The van der Waals surface area contributed by atoms with Crippen LogP contribution in [0.2, 0.25) is 0 Å². The van der Waals surface area contributed by atoms with Gasteiger partial charge in [0.15, 0.2) is 0 Å². The fourth-order valence-electron chi connectivity index (χ4n) is 2.61. The highest BCUT2D eigenvalue weighted by Gasteiger charge is 2.14. The molecule has 0 saturated heterocycles. The van der Waals surface area contributed by atoms with Crippen LogP contribution in [0.3, 0.4) is 0 Å². The maximum atomic E-state index is 12.5. The second kappa shape index (κ2) is 7.05. The van der Waals surface area contributed by atoms with Crippen molar-refractivity contribution in [3.05, 3.63) is 89.2 Å². The molecule has 0 radical (unpaired) electrons. The van der Waals surface area contributed by atoms with Crippen LogP contribution in [-0.2, 0) is 0 Å². The predicted octanol–water partition coefficient (Wildman–Crippen LogP) is 3.17. The number of carbonyl (C=O) groups excluding carboxylic acids is 2. The molecule has 126 valence electrons. The van der Waals surface area contributed by atoms with Crippen molar-refractivity contribution in [3.8, 4) is 5.69 Å². The standard InChI is InChI=1S/C20H19N3O2/c1-14-9-10-15(2)17(13-14)20(25)22-21-19(24)16-7-3-4-8-18(16)23-11-5-6-12-23/h3-13H,1-2H3,(H,21,24)(H,22,25). The predicted molar refractivity (Wildman–Crippen MR) is 96.6 cm³/mol. The van der Waals surface area contributed by atoms with E-state index in [2.05, 4.69) is 10.9 Å². The third kappa shape index (κ3) is 3.61. The van der Waals surface area contributed by atoms with Gasteiger partial charge in [0, 0.05) is 18.0 Å². The van der Waals surface area contributed by atoms with Crippen LogP contribution in [0.5, 0.6) is 0 Å². The summed E-state index contributed by atoms with van der Waals surface area (Å²) in [5.41, 5.74) is 8.58. The van der Waals surface area contributed by atoms with Crippen molar-refractivity contribution in [3.63, 3.8) is 0 Å². The molecule has 3 aromatic rings. The molecule has 5 heteroatoms. The molecule has 2 N–H and O–H groups in total. The molecule has 0 atom stereocenters. The molecule has 25 heavy (non-hydrogen) atoms. The van der Waals surface area contributed by atoms with Crippen LogP contribution in [-0.4, -0.2) is 16.4 Å². The van der Waals surface area contributed by atoms with Crippen LogP contribution in [0.4, 0.5) is 0 Å². The van der Waals surface area contributed by atoms with E-state index in [1.165, 1.54) is 0 Å². The Kier molecular flexibility index (Phi) is 4.66. The highest BCUT2D eigenvalue weighted by molar-refractivity contribution is 6.01. The quantitative estimate of drug-likeness (QED) is 0.723. The van der Waals surface area contributed by atoms with Gasteiger partial charge in [-0.15, -0.1) is 0 Å². The lowest BCUT2D eigenvalue weighted by Crippen LogP contribution is -2.42. The number of aryl methyl sites for hydroxylation is 2. The first-order chi connectivity index (χ1) is 12.1. The van der Waals surface area contributed by atoms with Gasteiger partial charge in [0.25, 0.3) is 11.8 Å². The molecular weight excluding hydrogens is 314 g/mol. The number of hydrogen-bond donors (Lipinski definition) is 2. The maximum Gasteiger partial charge on any atom is 0.271 e. The number of benzene rings is 2. The third-order valence-corrected chi connectivity index (χ3v) is 3.96. The Morgan fingerprint density at radius 3 is 2.16 bits per heavy atom. The van der Waals surface area contributed by atoms with Gasteiger partial charge in [-0.05, 0) is 49.7 Å². The molecule has 0 fully saturated rings. The zero-order valence-electron chi connectivity index (χ0n) is 14.1. The first kappa shape index (κ1) is 16.5. The molecule has 0 unspecified atom stereocenters. The summed E-state index contributed by atoms with van der Waals surface area (Å²) < 4.78 is 1.85. The summed E-state index contributed by atoms with van der Waals surface area (Å²) in [5.74, 6) is -0.712. The summed E-state index contributed by atoms with van der Waals surface area (Å²) in [7, 11) is 0. The summed E-state index contributed by atoms with van der Waals surface area (Å²) in [4.78, 5) is 24.8. The highest BCUT2D eigenvalue weighted by Crippen LogP contribution is 2.14. The molecule has 2 aromatic carbocycles. The topological polar surface area (TPSA) is 63.1 Å². The second-order valence-electron chi connectivity index (χ2n) is 5.83. The van der Waals surface area contributed by atoms with E-state index in [9.17, 15) is 9.59 Å². The van der Waals surface area contributed by atoms with Crippen molar-refractivity contribution in [2.45, 2.75) is 13.8 Å². The van der Waals surface area contributed by atoms with Gasteiger partial charge in [-0.1, -0.05) is 29.8 Å². The summed E-state index contributed by atoms with van der Waals surface area (Å²) >= 11 is 0. The molecule has 0 aliphatic heterocycles. The van der Waals surface area contributed by atoms with Crippen molar-refractivity contribution >= 4 is 11.8 Å². The van der Waals surface area contributed by atoms with Crippen LogP contribution in [0.15, 0.2) is 67.0 Å².